The molecule has 4 aliphatic rings. The van der Waals surface area contributed by atoms with Gasteiger partial charge in [-0.05, 0) is 80.9 Å². The summed E-state index contributed by atoms with van der Waals surface area (Å²) in [6, 6.07) is 12.3. The second-order valence-electron chi connectivity index (χ2n) is 11.0. The highest BCUT2D eigenvalue weighted by molar-refractivity contribution is 6.01. The van der Waals surface area contributed by atoms with Crippen molar-refractivity contribution in [2.75, 3.05) is 6.54 Å². The largest absolute Gasteiger partial charge is 0.351 e. The molecule has 1 aromatic carbocycles. The fraction of sp³-hybridized carbons (Fsp3) is 0.448. The lowest BCUT2D eigenvalue weighted by Crippen LogP contribution is -2.49. The lowest BCUT2D eigenvalue weighted by atomic mass is 9.48. The highest BCUT2D eigenvalue weighted by Gasteiger charge is 2.53. The molecule has 0 atom stereocenters. The summed E-state index contributed by atoms with van der Waals surface area (Å²) in [6.07, 6.45) is 17.5. The summed E-state index contributed by atoms with van der Waals surface area (Å²) in [5.41, 5.74) is 3.17. The average molecular weight is 481 g/mol. The zero-order valence-electron chi connectivity index (χ0n) is 20.5. The topological polar surface area (TPSA) is 88.5 Å². The molecule has 4 aliphatic carbocycles. The Balaban J connectivity index is 1.28. The molecule has 2 heterocycles. The van der Waals surface area contributed by atoms with Crippen LogP contribution in [0, 0.1) is 29.1 Å². The Kier molecular flexibility index (Phi) is 5.96. The van der Waals surface area contributed by atoms with E-state index in [1.165, 1.54) is 38.5 Å². The third-order valence-corrected chi connectivity index (χ3v) is 8.41. The summed E-state index contributed by atoms with van der Waals surface area (Å²) in [5.74, 6) is 2.02. The van der Waals surface area contributed by atoms with Gasteiger partial charge in [0.2, 0.25) is 0 Å². The third kappa shape index (κ3) is 4.37. The van der Waals surface area contributed by atoms with Crippen molar-refractivity contribution in [2.24, 2.45) is 17.8 Å². The van der Waals surface area contributed by atoms with Crippen molar-refractivity contribution >= 4 is 12.0 Å². The lowest BCUT2D eigenvalue weighted by molar-refractivity contribution is -0.117. The molecule has 7 heteroatoms. The Bertz CT molecular complexity index is 1260. The molecule has 4 fully saturated rings. The zero-order valence-corrected chi connectivity index (χ0v) is 20.5. The predicted octanol–water partition coefficient (Wildman–Crippen LogP) is 4.65. The predicted molar refractivity (Wildman–Crippen MR) is 137 cm³/mol. The number of benzene rings is 1. The maximum absolute atomic E-state index is 12.9. The quantitative estimate of drug-likeness (QED) is 0.289. The number of nitriles is 1. The second kappa shape index (κ2) is 9.42. The van der Waals surface area contributed by atoms with E-state index in [1.807, 2.05) is 52.0 Å². The Morgan fingerprint density at radius 2 is 1.86 bits per heavy atom. The molecule has 2 aromatic heterocycles. The molecule has 3 aromatic rings. The normalized spacial score (nSPS) is 26.6. The molecule has 0 radical (unpaired) electrons. The molecule has 0 aliphatic heterocycles. The molecule has 1 N–H and O–H groups in total. The number of para-hydroxylation sites is 1. The van der Waals surface area contributed by atoms with Crippen molar-refractivity contribution in [1.82, 2.24) is 24.6 Å². The van der Waals surface area contributed by atoms with Crippen LogP contribution < -0.4 is 5.32 Å². The van der Waals surface area contributed by atoms with Crippen molar-refractivity contribution in [3.63, 3.8) is 0 Å². The summed E-state index contributed by atoms with van der Waals surface area (Å²) in [5, 5.41) is 18.0. The first kappa shape index (κ1) is 22.8. The molecular formula is C29H32N6O. The summed E-state index contributed by atoms with van der Waals surface area (Å²) in [4.78, 5) is 17.0. The van der Waals surface area contributed by atoms with E-state index in [4.69, 9.17) is 5.10 Å². The molecule has 7 rings (SSSR count). The van der Waals surface area contributed by atoms with Crippen LogP contribution >= 0.6 is 0 Å². The summed E-state index contributed by atoms with van der Waals surface area (Å²) in [7, 11) is 0. The van der Waals surface area contributed by atoms with Crippen molar-refractivity contribution in [3.05, 3.63) is 72.1 Å². The summed E-state index contributed by atoms with van der Waals surface area (Å²) in [6.45, 7) is 1.27. The average Bonchev–Trinajstić information content (AvgIpc) is 3.55. The van der Waals surface area contributed by atoms with E-state index < -0.39 is 0 Å². The van der Waals surface area contributed by atoms with Gasteiger partial charge >= 0.3 is 0 Å². The minimum atomic E-state index is -0.327. The Morgan fingerprint density at radius 3 is 2.50 bits per heavy atom. The number of rotatable bonds is 8. The van der Waals surface area contributed by atoms with Crippen LogP contribution in [0.25, 0.3) is 11.8 Å². The van der Waals surface area contributed by atoms with Crippen LogP contribution in [0.3, 0.4) is 0 Å². The van der Waals surface area contributed by atoms with Crippen LogP contribution in [0.4, 0.5) is 0 Å². The number of carbonyl (C=O) groups is 1. The first-order valence-electron chi connectivity index (χ1n) is 13.1. The van der Waals surface area contributed by atoms with Crippen LogP contribution in [0.2, 0.25) is 0 Å². The van der Waals surface area contributed by atoms with E-state index in [1.54, 1.807) is 18.6 Å². The Morgan fingerprint density at radius 1 is 1.14 bits per heavy atom. The van der Waals surface area contributed by atoms with Gasteiger partial charge in [0.25, 0.3) is 5.91 Å². The molecule has 184 valence electrons. The molecule has 0 spiro atoms. The highest BCUT2D eigenvalue weighted by Crippen LogP contribution is 2.61. The minimum Gasteiger partial charge on any atom is -0.351 e. The molecule has 7 nitrogen and oxygen atoms in total. The van der Waals surface area contributed by atoms with Crippen molar-refractivity contribution < 1.29 is 4.79 Å². The number of hydrogen-bond acceptors (Lipinski definition) is 4. The number of amides is 1. The number of aromatic nitrogens is 4. The number of hydrogen-bond donors (Lipinski definition) is 1. The SMILES string of the molecule is N#C/C(=C\c1cn(-c2ccccc2)nc1C12CC3CC(CC(C3)C1)C2)C(=O)NCCCn1ccnc1. The monoisotopic (exact) mass is 480 g/mol. The van der Waals surface area contributed by atoms with Crippen molar-refractivity contribution in [3.8, 4) is 11.8 Å². The van der Waals surface area contributed by atoms with E-state index in [2.05, 4.69) is 16.4 Å². The van der Waals surface area contributed by atoms with E-state index >= 15 is 0 Å². The minimum absolute atomic E-state index is 0.0580. The summed E-state index contributed by atoms with van der Waals surface area (Å²) < 4.78 is 3.90. The maximum atomic E-state index is 12.9. The summed E-state index contributed by atoms with van der Waals surface area (Å²) >= 11 is 0. The first-order valence-corrected chi connectivity index (χ1v) is 13.1. The second-order valence-corrected chi connectivity index (χ2v) is 11.0. The van der Waals surface area contributed by atoms with Gasteiger partial charge in [0.05, 0.1) is 17.7 Å². The third-order valence-electron chi connectivity index (χ3n) is 8.41. The van der Waals surface area contributed by atoms with Gasteiger partial charge in [-0.2, -0.15) is 10.4 Å². The van der Waals surface area contributed by atoms with Crippen molar-refractivity contribution in [1.29, 1.82) is 5.26 Å². The highest BCUT2D eigenvalue weighted by atomic mass is 16.1. The van der Waals surface area contributed by atoms with Gasteiger partial charge in [0.15, 0.2) is 0 Å². The van der Waals surface area contributed by atoms with E-state index in [9.17, 15) is 10.1 Å². The number of nitrogens with zero attached hydrogens (tertiary/aromatic N) is 5. The molecule has 0 saturated heterocycles. The molecule has 1 amide bonds. The number of carbonyl (C=O) groups excluding carboxylic acids is 1. The fourth-order valence-corrected chi connectivity index (χ4v) is 7.30. The van der Waals surface area contributed by atoms with Gasteiger partial charge in [0, 0.05) is 42.7 Å². The number of imidazole rings is 1. The number of aryl methyl sites for hydroxylation is 1. The van der Waals surface area contributed by atoms with Crippen molar-refractivity contribution in [2.45, 2.75) is 56.9 Å². The van der Waals surface area contributed by atoms with Crippen LogP contribution in [0.15, 0.2) is 60.8 Å². The molecular weight excluding hydrogens is 448 g/mol. The van der Waals surface area contributed by atoms with Crippen LogP contribution in [-0.4, -0.2) is 31.8 Å². The van der Waals surface area contributed by atoms with Gasteiger partial charge < -0.3 is 9.88 Å². The molecule has 36 heavy (non-hydrogen) atoms. The maximum Gasteiger partial charge on any atom is 0.261 e. The van der Waals surface area contributed by atoms with E-state index in [-0.39, 0.29) is 16.9 Å². The zero-order chi connectivity index (χ0) is 24.5. The lowest BCUT2D eigenvalue weighted by Gasteiger charge is -2.56. The van der Waals surface area contributed by atoms with Gasteiger partial charge in [-0.15, -0.1) is 0 Å². The van der Waals surface area contributed by atoms with E-state index in [0.717, 1.165) is 47.7 Å². The molecule has 0 unspecified atom stereocenters. The van der Waals surface area contributed by atoms with Crippen LogP contribution in [0.5, 0.6) is 0 Å². The Labute approximate surface area is 211 Å². The standard InChI is InChI=1S/C29H32N6O/c30-18-24(28(36)32-7-4-9-34-10-8-31-20-34)14-25-19-35(26-5-2-1-3-6-26)33-27(25)29-15-21-11-22(16-29)13-23(12-21)17-29/h1-3,5-6,8,10,14,19-23H,4,7,9,11-13,15-17H2,(H,32,36)/b24-14+. The molecule has 4 saturated carbocycles. The van der Waals surface area contributed by atoms with Gasteiger partial charge in [0.1, 0.15) is 11.6 Å². The van der Waals surface area contributed by atoms with Crippen LogP contribution in [-0.2, 0) is 16.8 Å². The Hall–Kier alpha value is -3.66. The van der Waals surface area contributed by atoms with Crippen LogP contribution in [0.1, 0.15) is 56.2 Å². The van der Waals surface area contributed by atoms with Gasteiger partial charge in [-0.3, -0.25) is 4.79 Å². The molecule has 4 bridgehead atoms. The fourth-order valence-electron chi connectivity index (χ4n) is 7.30. The van der Waals surface area contributed by atoms with Gasteiger partial charge in [-0.25, -0.2) is 9.67 Å². The van der Waals surface area contributed by atoms with Gasteiger partial charge in [-0.1, -0.05) is 18.2 Å². The number of nitrogens with one attached hydrogen (secondary N) is 1. The first-order chi connectivity index (χ1) is 17.6. The van der Waals surface area contributed by atoms with E-state index in [0.29, 0.717) is 6.54 Å². The smallest absolute Gasteiger partial charge is 0.261 e.